The molecule has 1 saturated heterocycles. The standard InChI is InChI=1S/C14H19N3O2/c1-2-5-12-14(19)17(10-13(18)16-12)9-7-11-6-3-4-8-15-11/h3-4,6,8,12H,2,5,7,9-10H2,1H3,(H,16,18). The van der Waals surface area contributed by atoms with Crippen LogP contribution in [-0.4, -0.2) is 40.8 Å². The molecule has 0 radical (unpaired) electrons. The highest BCUT2D eigenvalue weighted by Crippen LogP contribution is 2.09. The molecule has 0 saturated carbocycles. The number of nitrogens with zero attached hydrogens (tertiary/aromatic N) is 2. The van der Waals surface area contributed by atoms with Crippen LogP contribution < -0.4 is 5.32 Å². The zero-order chi connectivity index (χ0) is 13.7. The SMILES string of the molecule is CCCC1NC(=O)CN(CCc2ccccn2)C1=O. The zero-order valence-corrected chi connectivity index (χ0v) is 11.1. The molecule has 1 N–H and O–H groups in total. The molecule has 2 heterocycles. The Bertz CT molecular complexity index is 447. The monoisotopic (exact) mass is 261 g/mol. The number of hydrogen-bond donors (Lipinski definition) is 1. The van der Waals surface area contributed by atoms with Gasteiger partial charge in [-0.2, -0.15) is 0 Å². The van der Waals surface area contributed by atoms with Gasteiger partial charge in [0.25, 0.3) is 0 Å². The first-order valence-corrected chi connectivity index (χ1v) is 6.68. The van der Waals surface area contributed by atoms with Gasteiger partial charge in [0.15, 0.2) is 0 Å². The highest BCUT2D eigenvalue weighted by molar-refractivity contribution is 5.94. The first-order valence-electron chi connectivity index (χ1n) is 6.68. The molecule has 5 nitrogen and oxygen atoms in total. The number of rotatable bonds is 5. The zero-order valence-electron chi connectivity index (χ0n) is 11.1. The Morgan fingerprint density at radius 2 is 2.26 bits per heavy atom. The Kier molecular flexibility index (Phi) is 4.49. The predicted octanol–water partition coefficient (Wildman–Crippen LogP) is 0.751. The molecule has 19 heavy (non-hydrogen) atoms. The smallest absolute Gasteiger partial charge is 0.245 e. The van der Waals surface area contributed by atoms with E-state index in [4.69, 9.17) is 0 Å². The lowest BCUT2D eigenvalue weighted by molar-refractivity contribution is -0.144. The highest BCUT2D eigenvalue weighted by atomic mass is 16.2. The largest absolute Gasteiger partial charge is 0.343 e. The number of pyridine rings is 1. The number of amides is 2. The summed E-state index contributed by atoms with van der Waals surface area (Å²) in [6, 6.07) is 5.36. The van der Waals surface area contributed by atoms with E-state index in [2.05, 4.69) is 10.3 Å². The van der Waals surface area contributed by atoms with Gasteiger partial charge in [0, 0.05) is 24.9 Å². The van der Waals surface area contributed by atoms with Crippen molar-refractivity contribution in [3.63, 3.8) is 0 Å². The number of piperazine rings is 1. The van der Waals surface area contributed by atoms with Gasteiger partial charge < -0.3 is 10.2 Å². The summed E-state index contributed by atoms with van der Waals surface area (Å²) in [6.45, 7) is 2.71. The second-order valence-corrected chi connectivity index (χ2v) is 4.74. The predicted molar refractivity (Wildman–Crippen MR) is 71.4 cm³/mol. The van der Waals surface area contributed by atoms with Crippen LogP contribution in [0.4, 0.5) is 0 Å². The third-order valence-electron chi connectivity index (χ3n) is 3.22. The van der Waals surface area contributed by atoms with Crippen molar-refractivity contribution in [3.05, 3.63) is 30.1 Å². The lowest BCUT2D eigenvalue weighted by atomic mass is 10.1. The molecule has 1 unspecified atom stereocenters. The summed E-state index contributed by atoms with van der Waals surface area (Å²) in [4.78, 5) is 29.6. The van der Waals surface area contributed by atoms with Crippen LogP contribution in [0, 0.1) is 0 Å². The maximum Gasteiger partial charge on any atom is 0.245 e. The molecule has 1 aromatic rings. The van der Waals surface area contributed by atoms with Crippen LogP contribution in [0.3, 0.4) is 0 Å². The van der Waals surface area contributed by atoms with Crippen LogP contribution >= 0.6 is 0 Å². The molecular formula is C14H19N3O2. The van der Waals surface area contributed by atoms with Crippen molar-refractivity contribution in [1.29, 1.82) is 0 Å². The summed E-state index contributed by atoms with van der Waals surface area (Å²) >= 11 is 0. The molecule has 1 aliphatic rings. The van der Waals surface area contributed by atoms with Gasteiger partial charge in [-0.1, -0.05) is 19.4 Å². The molecule has 1 aliphatic heterocycles. The normalized spacial score (nSPS) is 19.4. The van der Waals surface area contributed by atoms with Crippen molar-refractivity contribution in [1.82, 2.24) is 15.2 Å². The third kappa shape index (κ3) is 3.53. The lowest BCUT2D eigenvalue weighted by Gasteiger charge is -2.32. The molecule has 5 heteroatoms. The van der Waals surface area contributed by atoms with E-state index in [0.29, 0.717) is 19.4 Å². The maximum atomic E-state index is 12.2. The van der Waals surface area contributed by atoms with Crippen LogP contribution in [0.15, 0.2) is 24.4 Å². The fourth-order valence-electron chi connectivity index (χ4n) is 2.24. The highest BCUT2D eigenvalue weighted by Gasteiger charge is 2.31. The first-order chi connectivity index (χ1) is 9.20. The Hall–Kier alpha value is -1.91. The molecule has 0 aliphatic carbocycles. The Morgan fingerprint density at radius 1 is 1.42 bits per heavy atom. The summed E-state index contributed by atoms with van der Waals surface area (Å²) in [7, 11) is 0. The van der Waals surface area contributed by atoms with Crippen LogP contribution in [0.2, 0.25) is 0 Å². The van der Waals surface area contributed by atoms with Crippen molar-refractivity contribution in [2.45, 2.75) is 32.2 Å². The van der Waals surface area contributed by atoms with E-state index in [1.54, 1.807) is 11.1 Å². The van der Waals surface area contributed by atoms with Gasteiger partial charge in [-0.05, 0) is 18.6 Å². The maximum absolute atomic E-state index is 12.2. The van der Waals surface area contributed by atoms with Crippen molar-refractivity contribution in [3.8, 4) is 0 Å². The summed E-state index contributed by atoms with van der Waals surface area (Å²) in [6.07, 6.45) is 3.99. The lowest BCUT2D eigenvalue weighted by Crippen LogP contribution is -2.58. The fraction of sp³-hybridized carbons (Fsp3) is 0.500. The number of hydrogen-bond acceptors (Lipinski definition) is 3. The number of nitrogens with one attached hydrogen (secondary N) is 1. The average Bonchev–Trinajstić information content (AvgIpc) is 2.42. The Balaban J connectivity index is 1.95. The van der Waals surface area contributed by atoms with Crippen molar-refractivity contribution in [2.24, 2.45) is 0 Å². The quantitative estimate of drug-likeness (QED) is 0.851. The van der Waals surface area contributed by atoms with E-state index in [9.17, 15) is 9.59 Å². The van der Waals surface area contributed by atoms with Gasteiger partial charge in [0.05, 0.1) is 6.54 Å². The van der Waals surface area contributed by atoms with Crippen LogP contribution in [-0.2, 0) is 16.0 Å². The van der Waals surface area contributed by atoms with E-state index in [1.807, 2.05) is 25.1 Å². The van der Waals surface area contributed by atoms with E-state index in [-0.39, 0.29) is 24.4 Å². The third-order valence-corrected chi connectivity index (χ3v) is 3.22. The minimum Gasteiger partial charge on any atom is -0.343 e. The summed E-state index contributed by atoms with van der Waals surface area (Å²) in [5, 5.41) is 2.75. The molecule has 0 aromatic carbocycles. The van der Waals surface area contributed by atoms with Gasteiger partial charge in [0.2, 0.25) is 11.8 Å². The topological polar surface area (TPSA) is 62.3 Å². The summed E-state index contributed by atoms with van der Waals surface area (Å²) in [5.41, 5.74) is 0.938. The number of carbonyl (C=O) groups is 2. The van der Waals surface area contributed by atoms with E-state index in [0.717, 1.165) is 12.1 Å². The van der Waals surface area contributed by atoms with Gasteiger partial charge >= 0.3 is 0 Å². The van der Waals surface area contributed by atoms with Gasteiger partial charge in [-0.25, -0.2) is 0 Å². The van der Waals surface area contributed by atoms with E-state index >= 15 is 0 Å². The molecule has 1 atom stereocenters. The Morgan fingerprint density at radius 3 is 2.95 bits per heavy atom. The fourth-order valence-corrected chi connectivity index (χ4v) is 2.24. The minimum atomic E-state index is -0.352. The van der Waals surface area contributed by atoms with Crippen molar-refractivity contribution in [2.75, 3.05) is 13.1 Å². The van der Waals surface area contributed by atoms with Gasteiger partial charge in [0.1, 0.15) is 6.04 Å². The van der Waals surface area contributed by atoms with Crippen LogP contribution in [0.25, 0.3) is 0 Å². The number of aromatic nitrogens is 1. The second kappa shape index (κ2) is 6.31. The van der Waals surface area contributed by atoms with Gasteiger partial charge in [-0.15, -0.1) is 0 Å². The molecule has 2 rings (SSSR count). The second-order valence-electron chi connectivity index (χ2n) is 4.74. The minimum absolute atomic E-state index is 0.0254. The van der Waals surface area contributed by atoms with Crippen LogP contribution in [0.1, 0.15) is 25.5 Å². The van der Waals surface area contributed by atoms with Crippen molar-refractivity contribution < 1.29 is 9.59 Å². The van der Waals surface area contributed by atoms with Crippen molar-refractivity contribution >= 4 is 11.8 Å². The summed E-state index contributed by atoms with van der Waals surface area (Å²) < 4.78 is 0. The molecule has 2 amide bonds. The average molecular weight is 261 g/mol. The summed E-state index contributed by atoms with van der Waals surface area (Å²) in [5.74, 6) is -0.0450. The molecule has 1 aromatic heterocycles. The van der Waals surface area contributed by atoms with Gasteiger partial charge in [-0.3, -0.25) is 14.6 Å². The van der Waals surface area contributed by atoms with E-state index in [1.165, 1.54) is 0 Å². The molecule has 102 valence electrons. The first kappa shape index (κ1) is 13.5. The molecular weight excluding hydrogens is 242 g/mol. The van der Waals surface area contributed by atoms with E-state index < -0.39 is 0 Å². The molecule has 1 fully saturated rings. The Labute approximate surface area is 113 Å². The number of carbonyl (C=O) groups excluding carboxylic acids is 2. The van der Waals surface area contributed by atoms with Crippen LogP contribution in [0.5, 0.6) is 0 Å². The molecule has 0 spiro atoms. The molecule has 0 bridgehead atoms.